The highest BCUT2D eigenvalue weighted by molar-refractivity contribution is 6.30. The first-order chi connectivity index (χ1) is 67.7. The molecule has 0 amide bonds. The number of methoxy groups -OCH3 is 2. The predicted octanol–water partition coefficient (Wildman–Crippen LogP) is 16.5. The Morgan fingerprint density at radius 2 is 0.921 bits per heavy atom. The lowest BCUT2D eigenvalue weighted by Crippen LogP contribution is -2.39. The van der Waals surface area contributed by atoms with Crippen molar-refractivity contribution in [3.63, 3.8) is 0 Å². The van der Waals surface area contributed by atoms with E-state index in [0.717, 1.165) is 143 Å². The quantitative estimate of drug-likeness (QED) is 0.0186. The highest BCUT2D eigenvalue weighted by Crippen LogP contribution is 2.39. The zero-order chi connectivity index (χ0) is 97.0. The Bertz CT molecular complexity index is 6540. The van der Waals surface area contributed by atoms with E-state index < -0.39 is 0 Å². The van der Waals surface area contributed by atoms with Gasteiger partial charge in [0.2, 0.25) is 29.7 Å². The van der Waals surface area contributed by atoms with Crippen molar-refractivity contribution in [3.05, 3.63) is 186 Å². The second-order valence-corrected chi connectivity index (χ2v) is 37.3. The number of piperidine rings is 2. The summed E-state index contributed by atoms with van der Waals surface area (Å²) in [5.74, 6) is 7.80. The maximum Gasteiger partial charge on any atom is 0.229 e. The van der Waals surface area contributed by atoms with Crippen LogP contribution < -0.4 is 61.8 Å². The summed E-state index contributed by atoms with van der Waals surface area (Å²) in [6, 6.07) is 41.3. The van der Waals surface area contributed by atoms with Crippen LogP contribution in [0.3, 0.4) is 0 Å². The van der Waals surface area contributed by atoms with Gasteiger partial charge in [-0.25, -0.2) is 24.9 Å². The molecule has 0 spiro atoms. The third-order valence-corrected chi connectivity index (χ3v) is 26.1. The zero-order valence-electron chi connectivity index (χ0n) is 81.0. The summed E-state index contributed by atoms with van der Waals surface area (Å²) >= 11 is 6.10. The summed E-state index contributed by atoms with van der Waals surface area (Å²) < 4.78 is 21.1. The summed E-state index contributed by atoms with van der Waals surface area (Å²) in [7, 11) is 5.16. The van der Waals surface area contributed by atoms with E-state index in [1.54, 1.807) is 33.2 Å². The molecule has 4 fully saturated rings. The molecule has 38 heteroatoms. The van der Waals surface area contributed by atoms with E-state index in [0.29, 0.717) is 126 Å². The second kappa shape index (κ2) is 46.8. The third-order valence-electron chi connectivity index (χ3n) is 25.8. The minimum absolute atomic E-state index is 0.000435. The van der Waals surface area contributed by atoms with E-state index in [9.17, 15) is 20.4 Å². The molecule has 13 N–H and O–H groups in total. The van der Waals surface area contributed by atoms with Crippen LogP contribution >= 0.6 is 11.6 Å². The monoisotopic (exact) mass is 1910 g/mol. The zero-order valence-corrected chi connectivity index (χ0v) is 81.7. The predicted molar refractivity (Wildman–Crippen MR) is 549 cm³/mol. The Balaban J connectivity index is 0.000000126. The molecule has 2 aliphatic heterocycles. The molecule has 12 heterocycles. The van der Waals surface area contributed by atoms with Crippen molar-refractivity contribution in [2.75, 3.05) is 119 Å². The largest absolute Gasteiger partial charge is 0.493 e. The summed E-state index contributed by atoms with van der Waals surface area (Å²) in [6.07, 6.45) is 26.1. The Labute approximate surface area is 814 Å². The van der Waals surface area contributed by atoms with Crippen molar-refractivity contribution in [2.24, 2.45) is 13.0 Å². The van der Waals surface area contributed by atoms with Gasteiger partial charge in [0, 0.05) is 100.0 Å². The first kappa shape index (κ1) is 98.6. The summed E-state index contributed by atoms with van der Waals surface area (Å²) in [4.78, 5) is 74.0. The van der Waals surface area contributed by atoms with Gasteiger partial charge in [0.1, 0.15) is 0 Å². The lowest BCUT2D eigenvalue weighted by molar-refractivity contribution is 0.153. The van der Waals surface area contributed by atoms with E-state index in [1.807, 2.05) is 133 Å². The Kier molecular flexibility index (Phi) is 33.2. The maximum atomic E-state index is 10.2. The van der Waals surface area contributed by atoms with Gasteiger partial charge in [-0.2, -0.15) is 49.8 Å². The lowest BCUT2D eigenvalue weighted by Gasteiger charge is -2.30. The number of aryl methyl sites for hydroxylation is 3. The first-order valence-electron chi connectivity index (χ1n) is 48.7. The molecule has 0 radical (unpaired) electrons. The smallest absolute Gasteiger partial charge is 0.229 e. The Hall–Kier alpha value is -13.5. The average molecular weight is 1910 g/mol. The number of aromatic nitrogens is 20. The molecule has 20 rings (SSSR count). The number of fused-ring (bicyclic) bond motifs is 6. The SMILES string of the molecule is CC(C)[C@H](CO)Nc1nc(Nc2cccc(Cl)c2)c2ncn(C(C)C)c2n1.CCC(CO)Nc1nc(NCc2ccccc2)c2ncn(C(C)C)c2n1.COc1ccc(CNc2nc(N3CCCC(O)C3)nc3c2ncn3C2CCCC2)cc1OC.Cn1cnc2c(NCc3ccccc3)nc(NCCO)nc21.OC1CCCN(c2nc(Nc3ccc4c(c3)CCC4)c3ncn(C4CCCC4)c3n2)C1. The van der Waals surface area contributed by atoms with Crippen molar-refractivity contribution in [3.8, 4) is 11.5 Å². The molecule has 3 aliphatic carbocycles. The minimum Gasteiger partial charge on any atom is -0.493 e. The Morgan fingerprint density at radius 1 is 0.432 bits per heavy atom. The molecule has 2 saturated heterocycles. The van der Waals surface area contributed by atoms with Crippen LogP contribution in [0.1, 0.15) is 190 Å². The number of anilines is 12. The molecule has 5 aliphatic rings. The van der Waals surface area contributed by atoms with Crippen LogP contribution in [-0.2, 0) is 39.5 Å². The summed E-state index contributed by atoms with van der Waals surface area (Å²) in [5.41, 5.74) is 15.9. The van der Waals surface area contributed by atoms with Gasteiger partial charge in [0.25, 0.3) is 0 Å². The van der Waals surface area contributed by atoms with Crippen molar-refractivity contribution in [1.29, 1.82) is 0 Å². The molecule has 5 aromatic carbocycles. The molecular formula is C101H131ClN30O7. The number of rotatable bonds is 32. The van der Waals surface area contributed by atoms with E-state index in [-0.39, 0.29) is 62.1 Å². The van der Waals surface area contributed by atoms with Crippen molar-refractivity contribution in [1.82, 2.24) is 97.6 Å². The molecule has 3 unspecified atom stereocenters. The summed E-state index contributed by atoms with van der Waals surface area (Å²) in [5, 5.41) is 75.5. The van der Waals surface area contributed by atoms with Crippen molar-refractivity contribution < 1.29 is 35.0 Å². The molecule has 2 saturated carbocycles. The number of aliphatic hydroxyl groups is 5. The number of aliphatic hydroxyl groups excluding tert-OH is 5. The average Bonchev–Trinajstić information content (AvgIpc) is 1.67. The standard InChI is InChI=1S/C24H32N6O3.C24H30N6O.C19H25ClN6O.C19H26N6O.C15H18N6O/c1-32-19-10-9-16(12-20(19)33-2)13-25-22-21-23(30(15-26-21)17-6-3-4-7-17)28-24(27-22)29-11-5-8-18(31)14-29;31-20-9-4-12-29(14-20)24-27-22(26-18-11-10-16-5-3-6-17(16)13-18)21-23(28-24)30(15-25-21)19-7-1-2-8-19;1-11(2)15(9-27)23-19-24-17(22-14-7-5-6-13(20)8-14)16-18(25-19)26(10-21-16)12(3)4;1-4-15(11-26)22-19-23-17(20-10-14-8-6-5-7-9-14)16-18(24-19)25(12-21-16)13(2)3;1-21-10-18-12-13(17-9-11-5-3-2-4-6-11)19-15(16-7-8-22)20-14(12)21/h9-10,12,15,17-18,31H,3-8,11,13-14H2,1-2H3,(H,25,27,28);10-11,13,15,19-20,31H,1-9,12,14H2,(H,26,27,28);5-8,10-12,15,27H,9H2,1-4H3,(H2,22,23,24,25);5-9,12-13,15,26H,4,10-11H2,1-3H3,(H2,20,22,23,24);2-6,10,22H,7-9H2,1H3,(H2,16,17,19,20)/t;;15-;;/m..0../s1. The van der Waals surface area contributed by atoms with Gasteiger partial charge < -0.3 is 110 Å². The minimum atomic E-state index is -0.346. The molecule has 0 bridgehead atoms. The Morgan fingerprint density at radius 3 is 1.46 bits per heavy atom. The van der Waals surface area contributed by atoms with Gasteiger partial charge in [-0.1, -0.05) is 137 Å². The second-order valence-electron chi connectivity index (χ2n) is 36.9. The van der Waals surface area contributed by atoms with Gasteiger partial charge in [-0.05, 0) is 181 Å². The van der Waals surface area contributed by atoms with E-state index in [2.05, 4.69) is 176 Å². The van der Waals surface area contributed by atoms with Gasteiger partial charge in [0.15, 0.2) is 96.4 Å². The number of nitrogens with zero attached hydrogens (tertiary/aromatic N) is 22. The number of ether oxygens (including phenoxy) is 2. The number of halogens is 1. The number of hydrogen-bond acceptors (Lipinski definition) is 32. The topological polar surface area (TPSA) is 440 Å². The third kappa shape index (κ3) is 24.5. The normalized spacial score (nSPS) is 15.9. The molecule has 734 valence electrons. The van der Waals surface area contributed by atoms with Crippen molar-refractivity contribution in [2.45, 2.75) is 219 Å². The number of β-amino-alcohol motifs (C(OH)–C–C–N with tert-alkyl or cyclic N) is 2. The summed E-state index contributed by atoms with van der Waals surface area (Å²) in [6.45, 7) is 19.6. The molecular weight excluding hydrogens is 1780 g/mol. The highest BCUT2D eigenvalue weighted by atomic mass is 35.5. The van der Waals surface area contributed by atoms with Crippen LogP contribution in [0.2, 0.25) is 5.02 Å². The molecule has 139 heavy (non-hydrogen) atoms. The molecule has 10 aromatic heterocycles. The fourth-order valence-electron chi connectivity index (χ4n) is 18.1. The van der Waals surface area contributed by atoms with Gasteiger partial charge in [-0.3, -0.25) is 0 Å². The van der Waals surface area contributed by atoms with Crippen LogP contribution in [0.25, 0.3) is 55.8 Å². The van der Waals surface area contributed by atoms with Gasteiger partial charge in [0.05, 0.1) is 90.0 Å². The lowest BCUT2D eigenvalue weighted by atomic mass is 10.1. The van der Waals surface area contributed by atoms with Crippen LogP contribution in [0.4, 0.5) is 70.2 Å². The van der Waals surface area contributed by atoms with Crippen LogP contribution in [0.5, 0.6) is 11.5 Å². The fourth-order valence-corrected chi connectivity index (χ4v) is 18.2. The van der Waals surface area contributed by atoms with Crippen LogP contribution in [0.15, 0.2) is 153 Å². The fraction of sp³-hybridized carbons (Fsp3) is 0.455. The number of imidazole rings is 5. The van der Waals surface area contributed by atoms with E-state index in [1.165, 1.54) is 68.1 Å². The molecule has 15 aromatic rings. The van der Waals surface area contributed by atoms with E-state index >= 15 is 0 Å². The van der Waals surface area contributed by atoms with Crippen LogP contribution in [-0.4, -0.2) is 214 Å². The van der Waals surface area contributed by atoms with Gasteiger partial charge >= 0.3 is 0 Å². The van der Waals surface area contributed by atoms with Crippen molar-refractivity contribution >= 4 is 138 Å². The molecule has 4 atom stereocenters. The van der Waals surface area contributed by atoms with Gasteiger partial charge in [-0.15, -0.1) is 0 Å². The highest BCUT2D eigenvalue weighted by Gasteiger charge is 2.31. The number of hydrogen-bond donors (Lipinski definition) is 13. The first-order valence-corrected chi connectivity index (χ1v) is 49.1. The number of nitrogens with one attached hydrogen (secondary N) is 8. The maximum absolute atomic E-state index is 10.2. The number of benzene rings is 5. The van der Waals surface area contributed by atoms with Crippen LogP contribution in [0, 0.1) is 5.92 Å². The molecule has 37 nitrogen and oxygen atoms in total. The van der Waals surface area contributed by atoms with E-state index in [4.69, 9.17) is 56.1 Å².